The Morgan fingerprint density at radius 2 is 1.81 bits per heavy atom. The van der Waals surface area contributed by atoms with Gasteiger partial charge in [-0.1, -0.05) is 63.2 Å². The van der Waals surface area contributed by atoms with Crippen LogP contribution >= 0.6 is 0 Å². The SMILES string of the molecule is COCCCN1C(=O)C(O)=C(C(=O)C(C)(C)C)C1c1cccc(OCc2ccccc2)c1. The molecule has 0 bridgehead atoms. The highest BCUT2D eigenvalue weighted by Gasteiger charge is 2.45. The normalized spacial score (nSPS) is 16.6. The minimum absolute atomic E-state index is 0.139. The van der Waals surface area contributed by atoms with Gasteiger partial charge in [0, 0.05) is 25.7 Å². The van der Waals surface area contributed by atoms with Crippen molar-refractivity contribution in [3.63, 3.8) is 0 Å². The number of ether oxygens (including phenoxy) is 2. The van der Waals surface area contributed by atoms with Gasteiger partial charge in [0.1, 0.15) is 12.4 Å². The van der Waals surface area contributed by atoms with Crippen molar-refractivity contribution >= 4 is 11.7 Å². The highest BCUT2D eigenvalue weighted by atomic mass is 16.5. The molecular formula is C26H31NO5. The number of rotatable bonds is 9. The topological polar surface area (TPSA) is 76.1 Å². The number of ketones is 1. The second kappa shape index (κ2) is 10.0. The van der Waals surface area contributed by atoms with Gasteiger partial charge in [-0.05, 0) is 29.7 Å². The summed E-state index contributed by atoms with van der Waals surface area (Å²) in [6.07, 6.45) is 0.590. The van der Waals surface area contributed by atoms with Crippen molar-refractivity contribution < 1.29 is 24.2 Å². The number of nitrogens with zero attached hydrogens (tertiary/aromatic N) is 1. The van der Waals surface area contributed by atoms with Crippen molar-refractivity contribution in [2.45, 2.75) is 39.8 Å². The van der Waals surface area contributed by atoms with Crippen LogP contribution in [-0.4, -0.2) is 42.0 Å². The summed E-state index contributed by atoms with van der Waals surface area (Å²) in [5.41, 5.74) is 1.15. The van der Waals surface area contributed by atoms with E-state index in [-0.39, 0.29) is 11.4 Å². The molecule has 0 radical (unpaired) electrons. The lowest BCUT2D eigenvalue weighted by molar-refractivity contribution is -0.129. The first-order valence-electron chi connectivity index (χ1n) is 10.8. The van der Waals surface area contributed by atoms with E-state index in [2.05, 4.69) is 0 Å². The molecule has 170 valence electrons. The van der Waals surface area contributed by atoms with E-state index in [1.807, 2.05) is 54.6 Å². The molecule has 1 unspecified atom stereocenters. The lowest BCUT2D eigenvalue weighted by Gasteiger charge is -2.29. The number of hydrogen-bond donors (Lipinski definition) is 1. The van der Waals surface area contributed by atoms with Crippen LogP contribution in [0.15, 0.2) is 65.9 Å². The van der Waals surface area contributed by atoms with E-state index in [4.69, 9.17) is 9.47 Å². The highest BCUT2D eigenvalue weighted by molar-refractivity contribution is 6.10. The number of Topliss-reactive ketones (excluding diaryl/α,β-unsaturated/α-hetero) is 1. The van der Waals surface area contributed by atoms with Gasteiger partial charge in [0.15, 0.2) is 11.5 Å². The predicted octanol–water partition coefficient (Wildman–Crippen LogP) is 4.61. The summed E-state index contributed by atoms with van der Waals surface area (Å²) in [4.78, 5) is 27.7. The summed E-state index contributed by atoms with van der Waals surface area (Å²) in [5, 5.41) is 10.7. The van der Waals surface area contributed by atoms with Crippen LogP contribution in [0.25, 0.3) is 0 Å². The molecule has 0 aliphatic carbocycles. The van der Waals surface area contributed by atoms with Crippen molar-refractivity contribution in [3.8, 4) is 5.75 Å². The zero-order chi connectivity index (χ0) is 23.3. The van der Waals surface area contributed by atoms with E-state index >= 15 is 0 Å². The molecule has 0 saturated carbocycles. The van der Waals surface area contributed by atoms with Gasteiger partial charge in [-0.2, -0.15) is 0 Å². The van der Waals surface area contributed by atoms with E-state index < -0.39 is 23.1 Å². The van der Waals surface area contributed by atoms with Crippen LogP contribution in [-0.2, 0) is 20.9 Å². The molecule has 3 rings (SSSR count). The van der Waals surface area contributed by atoms with Gasteiger partial charge in [0.05, 0.1) is 11.6 Å². The van der Waals surface area contributed by atoms with E-state index in [0.29, 0.717) is 31.9 Å². The number of hydrogen-bond acceptors (Lipinski definition) is 5. The van der Waals surface area contributed by atoms with Crippen molar-refractivity contribution in [2.24, 2.45) is 5.41 Å². The standard InChI is InChI=1S/C26H31NO5/c1-26(2,3)24(29)21-22(27(14-9-15-31-4)25(30)23(21)28)19-12-8-13-20(16-19)32-17-18-10-6-5-7-11-18/h5-8,10-13,16,22,28H,9,14-15,17H2,1-4H3. The number of aliphatic hydroxyl groups excluding tert-OH is 1. The van der Waals surface area contributed by atoms with Gasteiger partial charge < -0.3 is 19.5 Å². The Balaban J connectivity index is 1.94. The molecule has 1 aliphatic heterocycles. The first kappa shape index (κ1) is 23.5. The lowest BCUT2D eigenvalue weighted by atomic mass is 9.82. The summed E-state index contributed by atoms with van der Waals surface area (Å²) in [5.74, 6) is -0.625. The number of carbonyl (C=O) groups excluding carboxylic acids is 2. The Hall–Kier alpha value is -3.12. The molecule has 1 N–H and O–H groups in total. The summed E-state index contributed by atoms with van der Waals surface area (Å²) in [6, 6.07) is 16.5. The third-order valence-electron chi connectivity index (χ3n) is 5.40. The molecule has 1 heterocycles. The second-order valence-corrected chi connectivity index (χ2v) is 8.94. The molecule has 2 aromatic carbocycles. The van der Waals surface area contributed by atoms with Gasteiger partial charge >= 0.3 is 0 Å². The number of amides is 1. The third kappa shape index (κ3) is 5.19. The molecule has 6 nitrogen and oxygen atoms in total. The molecule has 0 aromatic heterocycles. The Morgan fingerprint density at radius 1 is 1.09 bits per heavy atom. The van der Waals surface area contributed by atoms with Gasteiger partial charge in [-0.3, -0.25) is 9.59 Å². The van der Waals surface area contributed by atoms with Crippen molar-refractivity contribution in [3.05, 3.63) is 77.1 Å². The minimum Gasteiger partial charge on any atom is -0.503 e. The van der Waals surface area contributed by atoms with Gasteiger partial charge in [0.2, 0.25) is 0 Å². The third-order valence-corrected chi connectivity index (χ3v) is 5.40. The zero-order valence-corrected chi connectivity index (χ0v) is 19.1. The molecule has 1 amide bonds. The molecule has 1 aliphatic rings. The quantitative estimate of drug-likeness (QED) is 0.580. The zero-order valence-electron chi connectivity index (χ0n) is 19.1. The van der Waals surface area contributed by atoms with Gasteiger partial charge in [-0.25, -0.2) is 0 Å². The fourth-order valence-electron chi connectivity index (χ4n) is 3.76. The number of benzene rings is 2. The largest absolute Gasteiger partial charge is 0.503 e. The molecule has 1 atom stereocenters. The van der Waals surface area contributed by atoms with Crippen molar-refractivity contribution in [2.75, 3.05) is 20.3 Å². The maximum atomic E-state index is 13.2. The van der Waals surface area contributed by atoms with Crippen molar-refractivity contribution in [1.82, 2.24) is 4.90 Å². The average Bonchev–Trinajstić information content (AvgIpc) is 3.02. The Labute approximate surface area is 189 Å². The van der Waals surface area contributed by atoms with Crippen molar-refractivity contribution in [1.29, 1.82) is 0 Å². The molecule has 32 heavy (non-hydrogen) atoms. The Kier molecular flexibility index (Phi) is 7.36. The molecule has 0 fully saturated rings. The van der Waals surface area contributed by atoms with E-state index in [1.165, 1.54) is 0 Å². The predicted molar refractivity (Wildman–Crippen MR) is 122 cm³/mol. The van der Waals surface area contributed by atoms with E-state index in [1.54, 1.807) is 32.8 Å². The number of carbonyl (C=O) groups is 2. The fourth-order valence-corrected chi connectivity index (χ4v) is 3.76. The van der Waals surface area contributed by atoms with Crippen LogP contribution in [0.1, 0.15) is 44.4 Å². The Morgan fingerprint density at radius 3 is 2.47 bits per heavy atom. The molecule has 0 saturated heterocycles. The maximum Gasteiger partial charge on any atom is 0.290 e. The monoisotopic (exact) mass is 437 g/mol. The second-order valence-electron chi connectivity index (χ2n) is 8.94. The summed E-state index contributed by atoms with van der Waals surface area (Å²) in [6.45, 7) is 6.58. The molecule has 2 aromatic rings. The lowest BCUT2D eigenvalue weighted by Crippen LogP contribution is -2.34. The maximum absolute atomic E-state index is 13.2. The van der Waals surface area contributed by atoms with Crippen LogP contribution in [0.2, 0.25) is 0 Å². The van der Waals surface area contributed by atoms with Crippen LogP contribution < -0.4 is 4.74 Å². The van der Waals surface area contributed by atoms with E-state index in [9.17, 15) is 14.7 Å². The number of aliphatic hydroxyl groups is 1. The van der Waals surface area contributed by atoms with Gasteiger partial charge in [0.25, 0.3) is 5.91 Å². The Bertz CT molecular complexity index is 991. The average molecular weight is 438 g/mol. The van der Waals surface area contributed by atoms with Crippen LogP contribution in [0.4, 0.5) is 0 Å². The van der Waals surface area contributed by atoms with Crippen LogP contribution in [0.5, 0.6) is 5.75 Å². The minimum atomic E-state index is -0.744. The fraction of sp³-hybridized carbons (Fsp3) is 0.385. The van der Waals surface area contributed by atoms with Crippen LogP contribution in [0, 0.1) is 5.41 Å². The van der Waals surface area contributed by atoms with E-state index in [0.717, 1.165) is 11.1 Å². The molecule has 0 spiro atoms. The first-order chi connectivity index (χ1) is 15.2. The highest BCUT2D eigenvalue weighted by Crippen LogP contribution is 2.41. The molecule has 6 heteroatoms. The molecular weight excluding hydrogens is 406 g/mol. The smallest absolute Gasteiger partial charge is 0.290 e. The first-order valence-corrected chi connectivity index (χ1v) is 10.8. The van der Waals surface area contributed by atoms with Crippen LogP contribution in [0.3, 0.4) is 0 Å². The summed E-state index contributed by atoms with van der Waals surface area (Å²) < 4.78 is 11.1. The number of methoxy groups -OCH3 is 1. The summed E-state index contributed by atoms with van der Waals surface area (Å²) >= 11 is 0. The summed E-state index contributed by atoms with van der Waals surface area (Å²) in [7, 11) is 1.60. The van der Waals surface area contributed by atoms with Gasteiger partial charge in [-0.15, -0.1) is 0 Å².